The van der Waals surface area contributed by atoms with E-state index in [1.807, 2.05) is 20.0 Å². The van der Waals surface area contributed by atoms with Gasteiger partial charge in [-0.25, -0.2) is 9.97 Å². The maximum Gasteiger partial charge on any atom is 0.420 e. The number of aryl methyl sites for hydroxylation is 1. The summed E-state index contributed by atoms with van der Waals surface area (Å²) in [4.78, 5) is 24.1. The Morgan fingerprint density at radius 3 is 2.59 bits per heavy atom. The fraction of sp³-hybridized carbons (Fsp3) is 0.348. The number of hydrogen-bond donors (Lipinski definition) is 2. The van der Waals surface area contributed by atoms with Crippen molar-refractivity contribution in [3.05, 3.63) is 51.5 Å². The minimum absolute atomic E-state index is 0.0658. The quantitative estimate of drug-likeness (QED) is 0.418. The molecule has 2 N–H and O–H groups in total. The number of thiophene rings is 1. The molecule has 4 rings (SSSR count). The van der Waals surface area contributed by atoms with Gasteiger partial charge in [0.05, 0.1) is 10.6 Å². The van der Waals surface area contributed by atoms with Gasteiger partial charge in [-0.15, -0.1) is 23.1 Å². The van der Waals surface area contributed by atoms with Crippen molar-refractivity contribution in [2.45, 2.75) is 38.0 Å². The monoisotopic (exact) mass is 507 g/mol. The number of aromatic nitrogens is 2. The van der Waals surface area contributed by atoms with Crippen LogP contribution in [0.4, 0.5) is 24.8 Å². The van der Waals surface area contributed by atoms with E-state index in [2.05, 4.69) is 31.6 Å². The average Bonchev–Trinajstić information content (AvgIpc) is 3.36. The molecule has 180 valence electrons. The standard InChI is InChI=1S/C23H24F3N5OS2/c1-5-27-21(32)20-18(33-4)8-17(34-20)19-15(23(24,25)26)9-28-22(30-19)29-16-7-14-11-31(3)10-13(14)6-12(16)2/h6-9H,5,10-11H2,1-4H3,(H,27,32)(H,28,29,30). The first-order valence-electron chi connectivity index (χ1n) is 10.6. The van der Waals surface area contributed by atoms with Gasteiger partial charge >= 0.3 is 6.18 Å². The fourth-order valence-electron chi connectivity index (χ4n) is 3.88. The molecule has 0 radical (unpaired) electrons. The van der Waals surface area contributed by atoms with Gasteiger partial charge in [0.25, 0.3) is 5.91 Å². The number of carbonyl (C=O) groups excluding carboxylic acids is 1. The van der Waals surface area contributed by atoms with E-state index < -0.39 is 11.7 Å². The van der Waals surface area contributed by atoms with Crippen molar-refractivity contribution in [2.24, 2.45) is 0 Å². The third-order valence-corrected chi connectivity index (χ3v) is 7.49. The van der Waals surface area contributed by atoms with Crippen LogP contribution in [0.1, 0.15) is 38.8 Å². The van der Waals surface area contributed by atoms with Crippen molar-refractivity contribution in [3.8, 4) is 10.6 Å². The van der Waals surface area contributed by atoms with Gasteiger partial charge in [0.1, 0.15) is 10.4 Å². The first kappa shape index (κ1) is 24.5. The van der Waals surface area contributed by atoms with E-state index in [4.69, 9.17) is 0 Å². The van der Waals surface area contributed by atoms with Gasteiger partial charge in [-0.05, 0) is 56.0 Å². The number of amides is 1. The van der Waals surface area contributed by atoms with Crippen LogP contribution in [0.15, 0.2) is 29.3 Å². The molecule has 1 amide bonds. The highest BCUT2D eigenvalue weighted by Gasteiger charge is 2.36. The molecule has 0 atom stereocenters. The molecular formula is C23H24F3N5OS2. The number of nitrogens with zero attached hydrogens (tertiary/aromatic N) is 3. The molecule has 0 aliphatic carbocycles. The molecule has 0 fully saturated rings. The number of anilines is 2. The summed E-state index contributed by atoms with van der Waals surface area (Å²) in [5.74, 6) is -0.251. The predicted molar refractivity (Wildman–Crippen MR) is 130 cm³/mol. The Labute approximate surface area is 204 Å². The Hall–Kier alpha value is -2.63. The van der Waals surface area contributed by atoms with Crippen LogP contribution in [-0.4, -0.2) is 40.6 Å². The SMILES string of the molecule is CCNC(=O)c1sc(-c2nc(Nc3cc4c(cc3C)CN(C)C4)ncc2C(F)(F)F)cc1SC. The van der Waals surface area contributed by atoms with Crippen LogP contribution in [0, 0.1) is 6.92 Å². The first-order chi connectivity index (χ1) is 16.1. The Balaban J connectivity index is 1.76. The molecule has 11 heteroatoms. The van der Waals surface area contributed by atoms with Crippen molar-refractivity contribution in [3.63, 3.8) is 0 Å². The van der Waals surface area contributed by atoms with Crippen LogP contribution < -0.4 is 10.6 Å². The highest BCUT2D eigenvalue weighted by atomic mass is 32.2. The molecule has 6 nitrogen and oxygen atoms in total. The summed E-state index contributed by atoms with van der Waals surface area (Å²) in [5, 5.41) is 5.80. The third-order valence-electron chi connectivity index (χ3n) is 5.46. The number of fused-ring (bicyclic) bond motifs is 1. The second kappa shape index (κ2) is 9.55. The lowest BCUT2D eigenvalue weighted by Crippen LogP contribution is -2.21. The van der Waals surface area contributed by atoms with E-state index in [0.29, 0.717) is 16.3 Å². The molecule has 0 bridgehead atoms. The third kappa shape index (κ3) is 4.91. The van der Waals surface area contributed by atoms with Crippen LogP contribution in [0.3, 0.4) is 0 Å². The van der Waals surface area contributed by atoms with E-state index in [1.54, 1.807) is 19.2 Å². The average molecular weight is 508 g/mol. The maximum absolute atomic E-state index is 13.8. The molecule has 0 unspecified atom stereocenters. The van der Waals surface area contributed by atoms with Gasteiger partial charge in [0.15, 0.2) is 0 Å². The maximum atomic E-state index is 13.8. The van der Waals surface area contributed by atoms with Gasteiger partial charge in [-0.2, -0.15) is 13.2 Å². The zero-order valence-corrected chi connectivity index (χ0v) is 20.8. The van der Waals surface area contributed by atoms with Crippen LogP contribution in [-0.2, 0) is 19.3 Å². The van der Waals surface area contributed by atoms with E-state index >= 15 is 0 Å². The summed E-state index contributed by atoms with van der Waals surface area (Å²) in [7, 11) is 2.03. The lowest BCUT2D eigenvalue weighted by Gasteiger charge is -2.14. The van der Waals surface area contributed by atoms with Crippen molar-refractivity contribution < 1.29 is 18.0 Å². The van der Waals surface area contributed by atoms with E-state index in [-0.39, 0.29) is 22.4 Å². The van der Waals surface area contributed by atoms with Gasteiger partial charge in [0, 0.05) is 36.4 Å². The molecule has 0 saturated carbocycles. The molecule has 3 heterocycles. The second-order valence-electron chi connectivity index (χ2n) is 8.05. The van der Waals surface area contributed by atoms with Crippen molar-refractivity contribution in [1.82, 2.24) is 20.2 Å². The molecule has 0 spiro atoms. The summed E-state index contributed by atoms with van der Waals surface area (Å²) in [6.07, 6.45) is -2.07. The predicted octanol–water partition coefficient (Wildman–Crippen LogP) is 5.69. The molecule has 0 saturated heterocycles. The highest BCUT2D eigenvalue weighted by molar-refractivity contribution is 7.98. The summed E-state index contributed by atoms with van der Waals surface area (Å²) in [6, 6.07) is 5.66. The normalized spacial score (nSPS) is 13.7. The highest BCUT2D eigenvalue weighted by Crippen LogP contribution is 2.42. The summed E-state index contributed by atoms with van der Waals surface area (Å²) >= 11 is 2.30. The Bertz CT molecular complexity index is 1240. The van der Waals surface area contributed by atoms with Crippen LogP contribution in [0.25, 0.3) is 10.6 Å². The summed E-state index contributed by atoms with van der Waals surface area (Å²) in [6.45, 7) is 5.81. The van der Waals surface area contributed by atoms with Gasteiger partial charge in [-0.1, -0.05) is 6.07 Å². The largest absolute Gasteiger partial charge is 0.420 e. The number of halogens is 3. The van der Waals surface area contributed by atoms with Crippen molar-refractivity contribution >= 4 is 40.6 Å². The number of nitrogens with one attached hydrogen (secondary N) is 2. The van der Waals surface area contributed by atoms with E-state index in [0.717, 1.165) is 47.4 Å². The molecular weight excluding hydrogens is 483 g/mol. The van der Waals surface area contributed by atoms with Crippen molar-refractivity contribution in [2.75, 3.05) is 25.2 Å². The van der Waals surface area contributed by atoms with Crippen LogP contribution in [0.5, 0.6) is 0 Å². The lowest BCUT2D eigenvalue weighted by molar-refractivity contribution is -0.137. The Morgan fingerprint density at radius 2 is 1.94 bits per heavy atom. The number of benzene rings is 1. The molecule has 1 aliphatic rings. The second-order valence-corrected chi connectivity index (χ2v) is 9.95. The molecule has 1 aromatic carbocycles. The first-order valence-corrected chi connectivity index (χ1v) is 12.6. The Morgan fingerprint density at radius 1 is 1.24 bits per heavy atom. The van der Waals surface area contributed by atoms with Crippen molar-refractivity contribution in [1.29, 1.82) is 0 Å². The molecule has 1 aliphatic heterocycles. The smallest absolute Gasteiger partial charge is 0.352 e. The minimum Gasteiger partial charge on any atom is -0.352 e. The number of alkyl halides is 3. The number of carbonyl (C=O) groups is 1. The molecule has 3 aromatic rings. The number of thioether (sulfide) groups is 1. The lowest BCUT2D eigenvalue weighted by atomic mass is 10.1. The zero-order chi connectivity index (χ0) is 24.6. The van der Waals surface area contributed by atoms with Crippen LogP contribution >= 0.6 is 23.1 Å². The molecule has 34 heavy (non-hydrogen) atoms. The minimum atomic E-state index is -4.64. The van der Waals surface area contributed by atoms with E-state index in [1.165, 1.54) is 17.3 Å². The van der Waals surface area contributed by atoms with Gasteiger partial charge in [-0.3, -0.25) is 9.69 Å². The topological polar surface area (TPSA) is 70.2 Å². The molecule has 2 aromatic heterocycles. The number of rotatable bonds is 6. The fourth-order valence-corrected chi connectivity index (χ4v) is 5.82. The Kier molecular flexibility index (Phi) is 6.88. The summed E-state index contributed by atoms with van der Waals surface area (Å²) in [5.41, 5.74) is 2.91. The zero-order valence-electron chi connectivity index (χ0n) is 19.1. The van der Waals surface area contributed by atoms with Crippen LogP contribution in [0.2, 0.25) is 0 Å². The van der Waals surface area contributed by atoms with E-state index in [9.17, 15) is 18.0 Å². The van der Waals surface area contributed by atoms with Gasteiger partial charge < -0.3 is 10.6 Å². The summed E-state index contributed by atoms with van der Waals surface area (Å²) < 4.78 is 41.5. The van der Waals surface area contributed by atoms with Gasteiger partial charge in [0.2, 0.25) is 5.95 Å². The number of hydrogen-bond acceptors (Lipinski definition) is 7.